The number of aromatic carboxylic acids is 1. The molecule has 2 aliphatic carbocycles. The van der Waals surface area contributed by atoms with Crippen LogP contribution in [0.15, 0.2) is 72.3 Å². The first kappa shape index (κ1) is 20.6. The minimum atomic E-state index is -4.32. The van der Waals surface area contributed by atoms with Crippen molar-refractivity contribution in [1.29, 1.82) is 0 Å². The standard InChI is InChI=1S/C26H22F3NO2/c27-26(28,29)20-5-3-4-16(14-20)15-30-22-7-2-1-6-21(22)23(24(30)25(31)32)19-12-10-18(11-13-19)17-8-9-17/h1-4,6-7,10-14,17,20H,5,8-9,15H2,(H,31,32). The molecule has 1 unspecified atom stereocenters. The number of nitrogens with zero attached hydrogens (tertiary/aromatic N) is 1. The number of para-hydroxylation sites is 1. The summed E-state index contributed by atoms with van der Waals surface area (Å²) in [6.45, 7) is 0.0609. The minimum Gasteiger partial charge on any atom is -0.477 e. The first-order valence-corrected chi connectivity index (χ1v) is 10.7. The first-order chi connectivity index (χ1) is 15.3. The smallest absolute Gasteiger partial charge is 0.395 e. The van der Waals surface area contributed by atoms with Crippen molar-refractivity contribution >= 4 is 16.9 Å². The highest BCUT2D eigenvalue weighted by atomic mass is 19.4. The van der Waals surface area contributed by atoms with Crippen LogP contribution in [-0.4, -0.2) is 21.8 Å². The number of carboxylic acid groups (broad SMARTS) is 1. The van der Waals surface area contributed by atoms with Crippen LogP contribution in [0.25, 0.3) is 22.0 Å². The molecule has 2 aromatic carbocycles. The Labute approximate surface area is 183 Å². The van der Waals surface area contributed by atoms with Crippen LogP contribution in [0.1, 0.15) is 41.2 Å². The predicted molar refractivity (Wildman–Crippen MR) is 118 cm³/mol. The fourth-order valence-corrected chi connectivity index (χ4v) is 4.58. The van der Waals surface area contributed by atoms with Gasteiger partial charge < -0.3 is 9.67 Å². The van der Waals surface area contributed by atoms with E-state index in [1.54, 1.807) is 10.6 Å². The molecule has 3 nitrogen and oxygen atoms in total. The highest BCUT2D eigenvalue weighted by Crippen LogP contribution is 2.42. The Bertz CT molecular complexity index is 1240. The maximum absolute atomic E-state index is 13.3. The Kier molecular flexibility index (Phi) is 4.96. The lowest BCUT2D eigenvalue weighted by atomic mass is 9.95. The lowest BCUT2D eigenvalue weighted by Crippen LogP contribution is -2.22. The van der Waals surface area contributed by atoms with Crippen molar-refractivity contribution in [3.8, 4) is 11.1 Å². The Balaban J connectivity index is 1.63. The number of allylic oxidation sites excluding steroid dienone is 4. The zero-order valence-corrected chi connectivity index (χ0v) is 17.3. The summed E-state index contributed by atoms with van der Waals surface area (Å²) in [6, 6.07) is 15.3. The number of carbonyl (C=O) groups is 1. The van der Waals surface area contributed by atoms with Crippen LogP contribution in [-0.2, 0) is 6.54 Å². The molecule has 1 heterocycles. The first-order valence-electron chi connectivity index (χ1n) is 10.7. The Morgan fingerprint density at radius 2 is 1.78 bits per heavy atom. The van der Waals surface area contributed by atoms with Crippen molar-refractivity contribution in [3.05, 3.63) is 83.6 Å². The van der Waals surface area contributed by atoms with Gasteiger partial charge in [-0.15, -0.1) is 0 Å². The number of carboxylic acids is 1. The van der Waals surface area contributed by atoms with Crippen LogP contribution in [0.5, 0.6) is 0 Å². The molecule has 0 amide bonds. The highest BCUT2D eigenvalue weighted by Gasteiger charge is 2.38. The third-order valence-corrected chi connectivity index (χ3v) is 6.32. The summed E-state index contributed by atoms with van der Waals surface area (Å²) in [4.78, 5) is 12.4. The quantitative estimate of drug-likeness (QED) is 0.469. The summed E-state index contributed by atoms with van der Waals surface area (Å²) in [6.07, 6.45) is 2.33. The Morgan fingerprint density at radius 3 is 2.44 bits per heavy atom. The summed E-state index contributed by atoms with van der Waals surface area (Å²) >= 11 is 0. The van der Waals surface area contributed by atoms with E-state index >= 15 is 0 Å². The van der Waals surface area contributed by atoms with E-state index in [9.17, 15) is 23.1 Å². The average Bonchev–Trinajstić information content (AvgIpc) is 3.57. The second-order valence-electron chi connectivity index (χ2n) is 8.56. The van der Waals surface area contributed by atoms with Crippen LogP contribution in [0.2, 0.25) is 0 Å². The molecule has 0 radical (unpaired) electrons. The third-order valence-electron chi connectivity index (χ3n) is 6.32. The van der Waals surface area contributed by atoms with E-state index in [-0.39, 0.29) is 18.7 Å². The second kappa shape index (κ2) is 7.69. The summed E-state index contributed by atoms with van der Waals surface area (Å²) in [7, 11) is 0. The summed E-state index contributed by atoms with van der Waals surface area (Å²) in [5.74, 6) is -2.06. The molecule has 0 spiro atoms. The van der Waals surface area contributed by atoms with Crippen LogP contribution in [0.4, 0.5) is 13.2 Å². The molecule has 5 rings (SSSR count). The molecule has 6 heteroatoms. The molecule has 3 aromatic rings. The maximum Gasteiger partial charge on any atom is 0.395 e. The SMILES string of the molecule is O=C(O)c1c(-c2ccc(C3CC3)cc2)c2ccccc2n1CC1=CC(C(F)(F)F)CC=C1. The summed E-state index contributed by atoms with van der Waals surface area (Å²) in [5, 5.41) is 10.9. The van der Waals surface area contributed by atoms with Gasteiger partial charge in [0.05, 0.1) is 5.92 Å². The molecule has 0 saturated heterocycles. The molecule has 1 N–H and O–H groups in total. The van der Waals surface area contributed by atoms with Crippen molar-refractivity contribution in [1.82, 2.24) is 4.57 Å². The Morgan fingerprint density at radius 1 is 1.06 bits per heavy atom. The van der Waals surface area contributed by atoms with E-state index in [0.29, 0.717) is 22.6 Å². The van der Waals surface area contributed by atoms with Crippen molar-refractivity contribution in [2.75, 3.05) is 0 Å². The molecule has 2 aliphatic rings. The number of aromatic nitrogens is 1. The number of halogens is 3. The van der Waals surface area contributed by atoms with Gasteiger partial charge in [-0.1, -0.05) is 60.7 Å². The van der Waals surface area contributed by atoms with Gasteiger partial charge in [0.15, 0.2) is 0 Å². The number of alkyl halides is 3. The average molecular weight is 437 g/mol. The van der Waals surface area contributed by atoms with Gasteiger partial charge in [-0.3, -0.25) is 0 Å². The molecule has 164 valence electrons. The van der Waals surface area contributed by atoms with Gasteiger partial charge in [0.1, 0.15) is 5.69 Å². The van der Waals surface area contributed by atoms with Gasteiger partial charge in [-0.2, -0.15) is 13.2 Å². The fourth-order valence-electron chi connectivity index (χ4n) is 4.58. The highest BCUT2D eigenvalue weighted by molar-refractivity contribution is 6.08. The van der Waals surface area contributed by atoms with Crippen molar-refractivity contribution in [2.45, 2.75) is 37.9 Å². The zero-order chi connectivity index (χ0) is 22.5. The van der Waals surface area contributed by atoms with Gasteiger partial charge in [0.25, 0.3) is 0 Å². The molecule has 0 bridgehead atoms. The molecular weight excluding hydrogens is 415 g/mol. The molecule has 1 saturated carbocycles. The largest absolute Gasteiger partial charge is 0.477 e. The number of hydrogen-bond acceptors (Lipinski definition) is 1. The van der Waals surface area contributed by atoms with E-state index in [2.05, 4.69) is 0 Å². The second-order valence-corrected chi connectivity index (χ2v) is 8.56. The summed E-state index contributed by atoms with van der Waals surface area (Å²) in [5.41, 5.74) is 3.89. The number of fused-ring (bicyclic) bond motifs is 1. The van der Waals surface area contributed by atoms with Crippen molar-refractivity contribution < 1.29 is 23.1 Å². The molecule has 1 fully saturated rings. The van der Waals surface area contributed by atoms with Gasteiger partial charge in [-0.05, 0) is 47.9 Å². The van der Waals surface area contributed by atoms with E-state index in [0.717, 1.165) is 10.9 Å². The third kappa shape index (κ3) is 3.74. The van der Waals surface area contributed by atoms with Crippen molar-refractivity contribution in [2.24, 2.45) is 5.92 Å². The van der Waals surface area contributed by atoms with Gasteiger partial charge in [0, 0.05) is 23.0 Å². The summed E-state index contributed by atoms with van der Waals surface area (Å²) < 4.78 is 41.4. The molecule has 1 atom stereocenters. The number of benzene rings is 2. The predicted octanol–water partition coefficient (Wildman–Crippen LogP) is 6.95. The van der Waals surface area contributed by atoms with E-state index in [1.807, 2.05) is 48.5 Å². The fraction of sp³-hybridized carbons (Fsp3) is 0.269. The van der Waals surface area contributed by atoms with Gasteiger partial charge >= 0.3 is 12.1 Å². The Hall–Kier alpha value is -3.28. The lowest BCUT2D eigenvalue weighted by Gasteiger charge is -2.20. The van der Waals surface area contributed by atoms with E-state index in [4.69, 9.17) is 0 Å². The lowest BCUT2D eigenvalue weighted by molar-refractivity contribution is -0.160. The minimum absolute atomic E-state index is 0.0609. The van der Waals surface area contributed by atoms with E-state index < -0.39 is 18.1 Å². The van der Waals surface area contributed by atoms with Crippen molar-refractivity contribution in [3.63, 3.8) is 0 Å². The zero-order valence-electron chi connectivity index (χ0n) is 17.3. The molecular formula is C26H22F3NO2. The monoisotopic (exact) mass is 437 g/mol. The maximum atomic E-state index is 13.3. The van der Waals surface area contributed by atoms with Gasteiger partial charge in [-0.25, -0.2) is 4.79 Å². The number of hydrogen-bond donors (Lipinski definition) is 1. The van der Waals surface area contributed by atoms with E-state index in [1.165, 1.54) is 30.6 Å². The topological polar surface area (TPSA) is 42.2 Å². The van der Waals surface area contributed by atoms with Crippen LogP contribution >= 0.6 is 0 Å². The molecule has 1 aromatic heterocycles. The van der Waals surface area contributed by atoms with Crippen LogP contribution < -0.4 is 0 Å². The van der Waals surface area contributed by atoms with Crippen LogP contribution in [0.3, 0.4) is 0 Å². The molecule has 0 aliphatic heterocycles. The molecule has 32 heavy (non-hydrogen) atoms. The number of rotatable bonds is 5. The van der Waals surface area contributed by atoms with Crippen LogP contribution in [0, 0.1) is 5.92 Å². The normalized spacial score (nSPS) is 18.7. The van der Waals surface area contributed by atoms with Gasteiger partial charge in [0.2, 0.25) is 0 Å².